The van der Waals surface area contributed by atoms with Crippen LogP contribution in [0.15, 0.2) is 11.6 Å². The van der Waals surface area contributed by atoms with Gasteiger partial charge in [0, 0.05) is 11.6 Å². The molecule has 0 amide bonds. The van der Waals surface area contributed by atoms with E-state index in [0.717, 1.165) is 25.3 Å². The highest BCUT2D eigenvalue weighted by Gasteiger charge is 2.08. The van der Waals surface area contributed by atoms with Gasteiger partial charge in [0.1, 0.15) is 0 Å². The Kier molecular flexibility index (Phi) is 9.11. The van der Waals surface area contributed by atoms with E-state index in [9.17, 15) is 9.59 Å². The van der Waals surface area contributed by atoms with Crippen molar-refractivity contribution >= 4 is 11.9 Å². The number of carboxylic acid groups (broad SMARTS) is 2. The molecule has 98 valence electrons. The van der Waals surface area contributed by atoms with E-state index < -0.39 is 11.9 Å². The van der Waals surface area contributed by atoms with Gasteiger partial charge < -0.3 is 10.2 Å². The Labute approximate surface area is 102 Å². The molecule has 2 N–H and O–H groups in total. The minimum atomic E-state index is -1.19. The fraction of sp³-hybridized carbons (Fsp3) is 0.692. The Balaban J connectivity index is 3.70. The largest absolute Gasteiger partial charge is 0.478 e. The quantitative estimate of drug-likeness (QED) is 0.455. The van der Waals surface area contributed by atoms with Gasteiger partial charge in [-0.25, -0.2) is 9.59 Å². The van der Waals surface area contributed by atoms with E-state index in [-0.39, 0.29) is 5.57 Å². The van der Waals surface area contributed by atoms with Crippen LogP contribution in [0, 0.1) is 0 Å². The highest BCUT2D eigenvalue weighted by atomic mass is 16.4. The van der Waals surface area contributed by atoms with Crippen molar-refractivity contribution in [3.8, 4) is 0 Å². The summed E-state index contributed by atoms with van der Waals surface area (Å²) >= 11 is 0. The molecular weight excluding hydrogens is 220 g/mol. The number of carboxylic acids is 2. The van der Waals surface area contributed by atoms with Crippen LogP contribution in [0.2, 0.25) is 0 Å². The summed E-state index contributed by atoms with van der Waals surface area (Å²) in [5.41, 5.74) is -0.00828. The fourth-order valence-electron chi connectivity index (χ4n) is 1.66. The van der Waals surface area contributed by atoms with Gasteiger partial charge in [0.05, 0.1) is 0 Å². The zero-order chi connectivity index (χ0) is 13.1. The third-order valence-electron chi connectivity index (χ3n) is 2.62. The molecule has 0 atom stereocenters. The van der Waals surface area contributed by atoms with Crippen molar-refractivity contribution in [1.29, 1.82) is 0 Å². The maximum atomic E-state index is 10.7. The molecule has 0 aromatic heterocycles. The normalized spacial score (nSPS) is 11.5. The van der Waals surface area contributed by atoms with Gasteiger partial charge in [-0.05, 0) is 12.8 Å². The Bertz CT molecular complexity index is 269. The summed E-state index contributed by atoms with van der Waals surface area (Å²) in [7, 11) is 0. The van der Waals surface area contributed by atoms with Crippen molar-refractivity contribution in [3.05, 3.63) is 11.6 Å². The molecule has 0 saturated heterocycles. The molecule has 0 aliphatic carbocycles. The molecular formula is C13H22O4. The second-order valence-electron chi connectivity index (χ2n) is 4.18. The Morgan fingerprint density at radius 2 is 1.47 bits per heavy atom. The first-order valence-corrected chi connectivity index (χ1v) is 6.24. The molecule has 0 bridgehead atoms. The second kappa shape index (κ2) is 9.87. The highest BCUT2D eigenvalue weighted by Crippen LogP contribution is 2.12. The molecule has 0 unspecified atom stereocenters. The smallest absolute Gasteiger partial charge is 0.331 e. The monoisotopic (exact) mass is 242 g/mol. The third kappa shape index (κ3) is 9.60. The summed E-state index contributed by atoms with van der Waals surface area (Å²) in [5, 5.41) is 17.3. The molecule has 0 aromatic rings. The van der Waals surface area contributed by atoms with Crippen molar-refractivity contribution in [2.75, 3.05) is 0 Å². The van der Waals surface area contributed by atoms with Gasteiger partial charge in [-0.1, -0.05) is 45.4 Å². The zero-order valence-corrected chi connectivity index (χ0v) is 10.4. The number of rotatable bonds is 10. The third-order valence-corrected chi connectivity index (χ3v) is 2.62. The summed E-state index contributed by atoms with van der Waals surface area (Å²) in [6, 6.07) is 0. The first-order valence-electron chi connectivity index (χ1n) is 6.24. The van der Waals surface area contributed by atoms with Crippen LogP contribution in [0.4, 0.5) is 0 Å². The predicted octanol–water partition coefficient (Wildman–Crippen LogP) is 3.22. The molecule has 17 heavy (non-hydrogen) atoms. The summed E-state index contributed by atoms with van der Waals surface area (Å²) in [6.45, 7) is 2.16. The van der Waals surface area contributed by atoms with E-state index in [1.165, 1.54) is 25.7 Å². The average Bonchev–Trinajstić information content (AvgIpc) is 2.25. The van der Waals surface area contributed by atoms with E-state index in [1.807, 2.05) is 0 Å². The molecule has 0 rings (SSSR count). The lowest BCUT2D eigenvalue weighted by Crippen LogP contribution is -2.04. The molecule has 0 spiro atoms. The number of hydrogen-bond acceptors (Lipinski definition) is 2. The zero-order valence-electron chi connectivity index (χ0n) is 10.4. The van der Waals surface area contributed by atoms with Gasteiger partial charge in [-0.3, -0.25) is 0 Å². The van der Waals surface area contributed by atoms with Crippen LogP contribution >= 0.6 is 0 Å². The number of aliphatic carboxylic acids is 2. The van der Waals surface area contributed by atoms with Crippen LogP contribution in [0.25, 0.3) is 0 Å². The molecule has 4 nitrogen and oxygen atoms in total. The summed E-state index contributed by atoms with van der Waals surface area (Å²) < 4.78 is 0. The number of unbranched alkanes of at least 4 members (excludes halogenated alkanes) is 6. The van der Waals surface area contributed by atoms with Crippen LogP contribution in [-0.2, 0) is 9.59 Å². The van der Waals surface area contributed by atoms with Crippen LogP contribution in [0.5, 0.6) is 0 Å². The molecule has 0 heterocycles. The molecule has 0 saturated carbocycles. The second-order valence-corrected chi connectivity index (χ2v) is 4.18. The van der Waals surface area contributed by atoms with Gasteiger partial charge in [0.2, 0.25) is 0 Å². The molecule has 0 radical (unpaired) electrons. The summed E-state index contributed by atoms with van der Waals surface area (Å²) in [6.07, 6.45) is 8.82. The van der Waals surface area contributed by atoms with Crippen molar-refractivity contribution in [3.63, 3.8) is 0 Å². The number of carbonyl (C=O) groups is 2. The highest BCUT2D eigenvalue weighted by molar-refractivity contribution is 5.94. The minimum Gasteiger partial charge on any atom is -0.478 e. The molecule has 0 aliphatic heterocycles. The van der Waals surface area contributed by atoms with E-state index in [4.69, 9.17) is 10.2 Å². The minimum absolute atomic E-state index is 0.00828. The summed E-state index contributed by atoms with van der Waals surface area (Å²) in [5.74, 6) is -2.32. The maximum Gasteiger partial charge on any atom is 0.331 e. The van der Waals surface area contributed by atoms with Gasteiger partial charge >= 0.3 is 11.9 Å². The lowest BCUT2D eigenvalue weighted by Gasteiger charge is -2.02. The van der Waals surface area contributed by atoms with Crippen molar-refractivity contribution in [2.24, 2.45) is 0 Å². The van der Waals surface area contributed by atoms with Crippen LogP contribution in [-0.4, -0.2) is 22.2 Å². The molecule has 0 fully saturated rings. The van der Waals surface area contributed by atoms with Gasteiger partial charge in [-0.2, -0.15) is 0 Å². The van der Waals surface area contributed by atoms with Crippen molar-refractivity contribution < 1.29 is 19.8 Å². The predicted molar refractivity (Wildman–Crippen MR) is 66.0 cm³/mol. The topological polar surface area (TPSA) is 74.6 Å². The molecule has 0 aliphatic rings. The van der Waals surface area contributed by atoms with E-state index in [2.05, 4.69) is 6.92 Å². The first kappa shape index (κ1) is 15.7. The van der Waals surface area contributed by atoms with Crippen molar-refractivity contribution in [1.82, 2.24) is 0 Å². The Morgan fingerprint density at radius 3 is 1.94 bits per heavy atom. The average molecular weight is 242 g/mol. The van der Waals surface area contributed by atoms with E-state index in [0.29, 0.717) is 6.42 Å². The lowest BCUT2D eigenvalue weighted by molar-refractivity contribution is -0.135. The first-order chi connectivity index (χ1) is 8.07. The maximum absolute atomic E-state index is 10.7. The van der Waals surface area contributed by atoms with Crippen LogP contribution < -0.4 is 0 Å². The van der Waals surface area contributed by atoms with Crippen molar-refractivity contribution in [2.45, 2.75) is 58.3 Å². The fourth-order valence-corrected chi connectivity index (χ4v) is 1.66. The Morgan fingerprint density at radius 1 is 0.941 bits per heavy atom. The van der Waals surface area contributed by atoms with Gasteiger partial charge in [0.15, 0.2) is 0 Å². The van der Waals surface area contributed by atoms with Gasteiger partial charge in [-0.15, -0.1) is 0 Å². The van der Waals surface area contributed by atoms with Crippen LogP contribution in [0.1, 0.15) is 58.3 Å². The lowest BCUT2D eigenvalue weighted by atomic mass is 10.0. The molecule has 0 aromatic carbocycles. The SMILES string of the molecule is CCCCCCCCC/C(=C/C(=O)O)C(=O)O. The molecule has 4 heteroatoms. The summed E-state index contributed by atoms with van der Waals surface area (Å²) in [4.78, 5) is 21.1. The number of hydrogen-bond donors (Lipinski definition) is 2. The van der Waals surface area contributed by atoms with Gasteiger partial charge in [0.25, 0.3) is 0 Å². The van der Waals surface area contributed by atoms with E-state index >= 15 is 0 Å². The van der Waals surface area contributed by atoms with Crippen LogP contribution in [0.3, 0.4) is 0 Å². The standard InChI is InChI=1S/C13H22O4/c1-2-3-4-5-6-7-8-9-11(13(16)17)10-12(14)15/h10H,2-9H2,1H3,(H,14,15)(H,16,17)/b11-10-. The van der Waals surface area contributed by atoms with E-state index in [1.54, 1.807) is 0 Å². The Hall–Kier alpha value is -1.32.